The molecule has 0 amide bonds. The molecule has 2 aromatic rings. The minimum atomic E-state index is 0.652. The SMILES string of the molecule is Cc1cc(C)c2[nH]cc(CCN)c2c1N. The second-order valence-electron chi connectivity index (χ2n) is 4.03. The van der Waals surface area contributed by atoms with Gasteiger partial charge in [0.2, 0.25) is 0 Å². The second kappa shape index (κ2) is 3.59. The zero-order valence-corrected chi connectivity index (χ0v) is 9.22. The lowest BCUT2D eigenvalue weighted by Gasteiger charge is -2.06. The van der Waals surface area contributed by atoms with E-state index in [1.54, 1.807) is 0 Å². The summed E-state index contributed by atoms with van der Waals surface area (Å²) in [5, 5.41) is 1.15. The maximum atomic E-state index is 6.10. The fourth-order valence-electron chi connectivity index (χ4n) is 2.11. The van der Waals surface area contributed by atoms with Crippen LogP contribution in [0.4, 0.5) is 5.69 Å². The first-order chi connectivity index (χ1) is 7.15. The highest BCUT2D eigenvalue weighted by Crippen LogP contribution is 2.30. The molecule has 0 atom stereocenters. The van der Waals surface area contributed by atoms with Crippen molar-refractivity contribution < 1.29 is 0 Å². The van der Waals surface area contributed by atoms with Crippen molar-refractivity contribution in [2.24, 2.45) is 5.73 Å². The van der Waals surface area contributed by atoms with Crippen LogP contribution in [0.3, 0.4) is 0 Å². The summed E-state index contributed by atoms with van der Waals surface area (Å²) in [7, 11) is 0. The van der Waals surface area contributed by atoms with Crippen molar-refractivity contribution in [2.75, 3.05) is 12.3 Å². The van der Waals surface area contributed by atoms with Gasteiger partial charge in [0.05, 0.1) is 5.52 Å². The minimum Gasteiger partial charge on any atom is -0.398 e. The lowest BCUT2D eigenvalue weighted by Crippen LogP contribution is -2.03. The zero-order chi connectivity index (χ0) is 11.0. The molecular formula is C12H17N3. The number of aryl methyl sites for hydroxylation is 2. The maximum absolute atomic E-state index is 6.10. The van der Waals surface area contributed by atoms with E-state index in [4.69, 9.17) is 11.5 Å². The molecule has 80 valence electrons. The first-order valence-corrected chi connectivity index (χ1v) is 5.21. The molecule has 3 nitrogen and oxygen atoms in total. The molecule has 15 heavy (non-hydrogen) atoms. The van der Waals surface area contributed by atoms with Crippen LogP contribution in [0, 0.1) is 13.8 Å². The molecule has 0 bridgehead atoms. The number of hydrogen-bond donors (Lipinski definition) is 3. The standard InChI is InChI=1S/C12H17N3/c1-7-5-8(2)12-10(11(7)14)9(3-4-13)6-15-12/h5-6,15H,3-4,13-14H2,1-2H3. The van der Waals surface area contributed by atoms with Crippen LogP contribution in [0.5, 0.6) is 0 Å². The number of H-pyrrole nitrogens is 1. The van der Waals surface area contributed by atoms with E-state index in [-0.39, 0.29) is 0 Å². The van der Waals surface area contributed by atoms with Crippen LogP contribution in [-0.2, 0) is 6.42 Å². The molecule has 1 aromatic carbocycles. The van der Waals surface area contributed by atoms with E-state index in [2.05, 4.69) is 18.0 Å². The van der Waals surface area contributed by atoms with Crippen molar-refractivity contribution in [3.63, 3.8) is 0 Å². The lowest BCUT2D eigenvalue weighted by molar-refractivity contribution is 0.976. The number of nitrogens with one attached hydrogen (secondary N) is 1. The van der Waals surface area contributed by atoms with Crippen molar-refractivity contribution >= 4 is 16.6 Å². The van der Waals surface area contributed by atoms with E-state index < -0.39 is 0 Å². The summed E-state index contributed by atoms with van der Waals surface area (Å²) >= 11 is 0. The normalized spacial score (nSPS) is 11.1. The van der Waals surface area contributed by atoms with Gasteiger partial charge in [-0.2, -0.15) is 0 Å². The second-order valence-corrected chi connectivity index (χ2v) is 4.03. The smallest absolute Gasteiger partial charge is 0.0507 e. The number of benzene rings is 1. The number of anilines is 1. The van der Waals surface area contributed by atoms with Crippen LogP contribution < -0.4 is 11.5 Å². The molecule has 0 aliphatic heterocycles. The molecule has 0 aliphatic rings. The number of rotatable bonds is 2. The predicted octanol–water partition coefficient (Wildman–Crippen LogP) is 1.87. The van der Waals surface area contributed by atoms with Crippen molar-refractivity contribution in [1.29, 1.82) is 0 Å². The Morgan fingerprint density at radius 2 is 2.00 bits per heavy atom. The summed E-state index contributed by atoms with van der Waals surface area (Å²) in [5.74, 6) is 0. The first kappa shape index (κ1) is 10.1. The van der Waals surface area contributed by atoms with Crippen LogP contribution in [0.2, 0.25) is 0 Å². The molecule has 2 rings (SSSR count). The summed E-state index contributed by atoms with van der Waals surface area (Å²) in [6, 6.07) is 2.11. The molecule has 0 aliphatic carbocycles. The quantitative estimate of drug-likeness (QED) is 0.652. The van der Waals surface area contributed by atoms with Crippen molar-refractivity contribution in [3.05, 3.63) is 29.0 Å². The number of nitrogens with two attached hydrogens (primary N) is 2. The van der Waals surface area contributed by atoms with E-state index in [0.717, 1.165) is 28.6 Å². The van der Waals surface area contributed by atoms with Gasteiger partial charge < -0.3 is 16.5 Å². The number of aromatic amines is 1. The van der Waals surface area contributed by atoms with Crippen LogP contribution in [0.1, 0.15) is 16.7 Å². The maximum Gasteiger partial charge on any atom is 0.0507 e. The van der Waals surface area contributed by atoms with Crippen LogP contribution in [0.25, 0.3) is 10.9 Å². The Labute approximate surface area is 89.5 Å². The molecular weight excluding hydrogens is 186 g/mol. The summed E-state index contributed by atoms with van der Waals surface area (Å²) in [6.07, 6.45) is 2.88. The van der Waals surface area contributed by atoms with Gasteiger partial charge in [0.1, 0.15) is 0 Å². The summed E-state index contributed by atoms with van der Waals surface area (Å²) in [6.45, 7) is 4.79. The largest absolute Gasteiger partial charge is 0.398 e. The van der Waals surface area contributed by atoms with Crippen molar-refractivity contribution in [2.45, 2.75) is 20.3 Å². The van der Waals surface area contributed by atoms with Gasteiger partial charge in [0.15, 0.2) is 0 Å². The molecule has 0 spiro atoms. The highest BCUT2D eigenvalue weighted by molar-refractivity contribution is 5.97. The van der Waals surface area contributed by atoms with Crippen LogP contribution >= 0.6 is 0 Å². The molecule has 1 aromatic heterocycles. The number of nitrogen functional groups attached to an aromatic ring is 1. The zero-order valence-electron chi connectivity index (χ0n) is 9.22. The van der Waals surface area contributed by atoms with Gasteiger partial charge in [-0.1, -0.05) is 6.07 Å². The third-order valence-electron chi connectivity index (χ3n) is 2.90. The first-order valence-electron chi connectivity index (χ1n) is 5.21. The van der Waals surface area contributed by atoms with E-state index in [9.17, 15) is 0 Å². The van der Waals surface area contributed by atoms with Gasteiger partial charge in [-0.15, -0.1) is 0 Å². The third-order valence-corrected chi connectivity index (χ3v) is 2.90. The van der Waals surface area contributed by atoms with Crippen molar-refractivity contribution in [1.82, 2.24) is 4.98 Å². The number of aromatic nitrogens is 1. The molecule has 1 heterocycles. The Kier molecular flexibility index (Phi) is 2.40. The highest BCUT2D eigenvalue weighted by Gasteiger charge is 2.10. The third kappa shape index (κ3) is 1.49. The van der Waals surface area contributed by atoms with Crippen molar-refractivity contribution in [3.8, 4) is 0 Å². The molecule has 5 N–H and O–H groups in total. The Bertz CT molecular complexity index is 497. The van der Waals surface area contributed by atoms with E-state index in [0.29, 0.717) is 6.54 Å². The van der Waals surface area contributed by atoms with E-state index >= 15 is 0 Å². The Morgan fingerprint density at radius 1 is 1.27 bits per heavy atom. The number of hydrogen-bond acceptors (Lipinski definition) is 2. The monoisotopic (exact) mass is 203 g/mol. The van der Waals surface area contributed by atoms with Gasteiger partial charge in [0.25, 0.3) is 0 Å². The summed E-state index contributed by atoms with van der Waals surface area (Å²) < 4.78 is 0. The topological polar surface area (TPSA) is 67.8 Å². The molecule has 0 radical (unpaired) electrons. The summed E-state index contributed by atoms with van der Waals surface area (Å²) in [5.41, 5.74) is 17.3. The minimum absolute atomic E-state index is 0.652. The Hall–Kier alpha value is -1.48. The molecule has 3 heteroatoms. The van der Waals surface area contributed by atoms with E-state index in [1.165, 1.54) is 11.1 Å². The van der Waals surface area contributed by atoms with Gasteiger partial charge in [0, 0.05) is 17.3 Å². The van der Waals surface area contributed by atoms with E-state index in [1.807, 2.05) is 13.1 Å². The fraction of sp³-hybridized carbons (Fsp3) is 0.333. The summed E-state index contributed by atoms with van der Waals surface area (Å²) in [4.78, 5) is 3.27. The predicted molar refractivity (Wildman–Crippen MR) is 64.9 cm³/mol. The fourth-order valence-corrected chi connectivity index (χ4v) is 2.11. The average Bonchev–Trinajstić information content (AvgIpc) is 2.60. The molecule has 0 fully saturated rings. The van der Waals surface area contributed by atoms with Gasteiger partial charge in [-0.3, -0.25) is 0 Å². The Morgan fingerprint density at radius 3 is 2.67 bits per heavy atom. The Balaban J connectivity index is 2.77. The van der Waals surface area contributed by atoms with Crippen LogP contribution in [-0.4, -0.2) is 11.5 Å². The lowest BCUT2D eigenvalue weighted by atomic mass is 10.0. The van der Waals surface area contributed by atoms with Gasteiger partial charge >= 0.3 is 0 Å². The molecule has 0 saturated heterocycles. The number of fused-ring (bicyclic) bond motifs is 1. The average molecular weight is 203 g/mol. The highest BCUT2D eigenvalue weighted by atomic mass is 14.7. The molecule has 0 saturated carbocycles. The van der Waals surface area contributed by atoms with Gasteiger partial charge in [-0.05, 0) is 43.5 Å². The van der Waals surface area contributed by atoms with Gasteiger partial charge in [-0.25, -0.2) is 0 Å². The van der Waals surface area contributed by atoms with Crippen LogP contribution in [0.15, 0.2) is 12.3 Å². The molecule has 0 unspecified atom stereocenters.